The molecule has 37 heavy (non-hydrogen) atoms. The van der Waals surface area contributed by atoms with Crippen LogP contribution in [0.1, 0.15) is 62.4 Å². The van der Waals surface area contributed by atoms with Crippen LogP contribution >= 0.6 is 0 Å². The predicted octanol–water partition coefficient (Wildman–Crippen LogP) is 5.11. The lowest BCUT2D eigenvalue weighted by Crippen LogP contribution is -2.38. The van der Waals surface area contributed by atoms with Crippen LogP contribution < -0.4 is 10.4 Å². The smallest absolute Gasteiger partial charge is 0.410 e. The van der Waals surface area contributed by atoms with Gasteiger partial charge >= 0.3 is 11.8 Å². The molecule has 0 unspecified atom stereocenters. The maximum atomic E-state index is 12.8. The third kappa shape index (κ3) is 7.24. The van der Waals surface area contributed by atoms with Crippen molar-refractivity contribution in [3.63, 3.8) is 0 Å². The molecule has 0 aliphatic rings. The Morgan fingerprint density at radius 3 is 2.30 bits per heavy atom. The van der Waals surface area contributed by atoms with Crippen molar-refractivity contribution in [2.45, 2.75) is 58.5 Å². The van der Waals surface area contributed by atoms with E-state index in [2.05, 4.69) is 0 Å². The second-order valence-corrected chi connectivity index (χ2v) is 10.4. The van der Waals surface area contributed by atoms with Gasteiger partial charge in [-0.2, -0.15) is 0 Å². The number of rotatable bonds is 11. The van der Waals surface area contributed by atoms with Gasteiger partial charge in [0.05, 0.1) is 18.1 Å². The Hall–Kier alpha value is -3.55. The molecule has 2 aromatic carbocycles. The number of carbonyl (C=O) groups is 2. The first-order valence-electron chi connectivity index (χ1n) is 12.8. The summed E-state index contributed by atoms with van der Waals surface area (Å²) in [7, 11) is 5.09. The summed E-state index contributed by atoms with van der Waals surface area (Å²) in [5.41, 5.74) is 2.54. The highest BCUT2D eigenvalue weighted by molar-refractivity contribution is 5.99. The third-order valence-electron chi connectivity index (χ3n) is 6.39. The van der Waals surface area contributed by atoms with Gasteiger partial charge in [0.15, 0.2) is 5.78 Å². The minimum absolute atomic E-state index is 0.0261. The van der Waals surface area contributed by atoms with Gasteiger partial charge in [-0.15, -0.1) is 0 Å². The van der Waals surface area contributed by atoms with E-state index >= 15 is 0 Å². The molecule has 0 bridgehead atoms. The maximum Gasteiger partial charge on any atom is 0.410 e. The van der Waals surface area contributed by atoms with Crippen LogP contribution in [0.2, 0.25) is 0 Å². The summed E-state index contributed by atoms with van der Waals surface area (Å²) in [6, 6.07) is 13.3. The monoisotopic (exact) mass is 509 g/mol. The molecule has 0 N–H and O–H groups in total. The molecule has 0 saturated carbocycles. The van der Waals surface area contributed by atoms with Crippen LogP contribution in [0.15, 0.2) is 47.3 Å². The molecule has 3 rings (SSSR count). The highest BCUT2D eigenvalue weighted by atomic mass is 16.6. The zero-order valence-corrected chi connectivity index (χ0v) is 22.9. The Morgan fingerprint density at radius 1 is 0.919 bits per heavy atom. The number of ether oxygens (including phenoxy) is 2. The van der Waals surface area contributed by atoms with E-state index in [9.17, 15) is 14.4 Å². The number of fused-ring (bicyclic) bond motifs is 1. The molecule has 8 nitrogen and oxygen atoms in total. The van der Waals surface area contributed by atoms with Gasteiger partial charge in [-0.3, -0.25) is 13.9 Å². The number of aryl methyl sites for hydroxylation is 3. The van der Waals surface area contributed by atoms with E-state index in [-0.39, 0.29) is 17.6 Å². The standard InChI is InChI=1S/C29H39N3O5/c1-29(2,3)37-28(35)32(19-11-13-21-12-7-8-15-26(21)36-6)18-10-9-14-25(33)22-16-17-23-24(20-22)31(5)27(34)30(23)4/h7-8,12,15-17,20H,9-11,13-14,18-19H2,1-6H3. The van der Waals surface area contributed by atoms with Crippen molar-refractivity contribution in [1.82, 2.24) is 14.0 Å². The number of aromatic nitrogens is 2. The molecule has 200 valence electrons. The molecule has 1 amide bonds. The molecule has 1 heterocycles. The molecule has 0 atom stereocenters. The van der Waals surface area contributed by atoms with E-state index in [1.165, 1.54) is 0 Å². The van der Waals surface area contributed by atoms with Gasteiger partial charge in [-0.1, -0.05) is 18.2 Å². The predicted molar refractivity (Wildman–Crippen MR) is 145 cm³/mol. The highest BCUT2D eigenvalue weighted by Crippen LogP contribution is 2.20. The second-order valence-electron chi connectivity index (χ2n) is 10.4. The van der Waals surface area contributed by atoms with Crippen LogP contribution in [0.5, 0.6) is 5.75 Å². The number of unbranched alkanes of at least 4 members (excludes halogenated alkanes) is 1. The highest BCUT2D eigenvalue weighted by Gasteiger charge is 2.22. The normalized spacial score (nSPS) is 11.5. The van der Waals surface area contributed by atoms with E-state index in [4.69, 9.17) is 9.47 Å². The first-order chi connectivity index (χ1) is 17.5. The molecular formula is C29H39N3O5. The summed E-state index contributed by atoms with van der Waals surface area (Å²) in [5, 5.41) is 0. The molecule has 0 aliphatic carbocycles. The summed E-state index contributed by atoms with van der Waals surface area (Å²) < 4.78 is 14.2. The SMILES string of the molecule is COc1ccccc1CCCN(CCCCC(=O)c1ccc2c(c1)n(C)c(=O)n2C)C(=O)OC(C)(C)C. The zero-order chi connectivity index (χ0) is 27.2. The van der Waals surface area contributed by atoms with Crippen LogP contribution in [-0.2, 0) is 25.3 Å². The number of hydrogen-bond acceptors (Lipinski definition) is 5. The number of nitrogens with zero attached hydrogens (tertiary/aromatic N) is 3. The van der Waals surface area contributed by atoms with E-state index in [1.54, 1.807) is 47.4 Å². The van der Waals surface area contributed by atoms with Gasteiger partial charge in [0, 0.05) is 39.2 Å². The van der Waals surface area contributed by atoms with Gasteiger partial charge in [0.25, 0.3) is 0 Å². The summed E-state index contributed by atoms with van der Waals surface area (Å²) in [5.74, 6) is 0.872. The average molecular weight is 510 g/mol. The number of hydrogen-bond donors (Lipinski definition) is 0. The van der Waals surface area contributed by atoms with Crippen molar-refractivity contribution in [3.05, 3.63) is 64.1 Å². The quantitative estimate of drug-likeness (QED) is 0.265. The van der Waals surface area contributed by atoms with Crippen molar-refractivity contribution in [3.8, 4) is 5.75 Å². The molecule has 8 heteroatoms. The zero-order valence-electron chi connectivity index (χ0n) is 22.9. The minimum Gasteiger partial charge on any atom is -0.496 e. The van der Waals surface area contributed by atoms with Gasteiger partial charge in [-0.25, -0.2) is 9.59 Å². The van der Waals surface area contributed by atoms with Crippen molar-refractivity contribution in [2.75, 3.05) is 20.2 Å². The van der Waals surface area contributed by atoms with E-state index in [0.717, 1.165) is 35.2 Å². The summed E-state index contributed by atoms with van der Waals surface area (Å²) in [6.07, 6.45) is 2.92. The number of methoxy groups -OCH3 is 1. The van der Waals surface area contributed by atoms with Crippen LogP contribution in [0.4, 0.5) is 4.79 Å². The lowest BCUT2D eigenvalue weighted by molar-refractivity contribution is 0.0245. The van der Waals surface area contributed by atoms with E-state index in [0.29, 0.717) is 37.9 Å². The third-order valence-corrected chi connectivity index (χ3v) is 6.39. The summed E-state index contributed by atoms with van der Waals surface area (Å²) >= 11 is 0. The van der Waals surface area contributed by atoms with Gasteiger partial charge in [-0.05, 0) is 76.3 Å². The first kappa shape index (κ1) is 28.0. The summed E-state index contributed by atoms with van der Waals surface area (Å²) in [4.78, 5) is 39.6. The number of carbonyl (C=O) groups excluding carboxylic acids is 2. The fraction of sp³-hybridized carbons (Fsp3) is 0.483. The molecule has 0 fully saturated rings. The van der Waals surface area contributed by atoms with Crippen LogP contribution in [0.3, 0.4) is 0 Å². The van der Waals surface area contributed by atoms with Crippen LogP contribution in [0, 0.1) is 0 Å². The second kappa shape index (κ2) is 12.1. The van der Waals surface area contributed by atoms with E-state index < -0.39 is 5.60 Å². The van der Waals surface area contributed by atoms with Gasteiger partial charge in [0.2, 0.25) is 0 Å². The topological polar surface area (TPSA) is 82.8 Å². The van der Waals surface area contributed by atoms with Crippen LogP contribution in [-0.4, -0.2) is 51.7 Å². The fourth-order valence-electron chi connectivity index (χ4n) is 4.40. The van der Waals surface area contributed by atoms with E-state index in [1.807, 2.05) is 51.1 Å². The Bertz CT molecular complexity index is 1300. The number of ketones is 1. The molecule has 0 spiro atoms. The molecule has 0 aliphatic heterocycles. The van der Waals surface area contributed by atoms with Gasteiger partial charge in [0.1, 0.15) is 11.4 Å². The summed E-state index contributed by atoms with van der Waals surface area (Å²) in [6.45, 7) is 6.64. The Kier molecular flexibility index (Phi) is 9.18. The Labute approximate surface area is 218 Å². The number of amides is 1. The number of benzene rings is 2. The Morgan fingerprint density at radius 2 is 1.59 bits per heavy atom. The fourth-order valence-corrected chi connectivity index (χ4v) is 4.40. The molecule has 3 aromatic rings. The maximum absolute atomic E-state index is 12.8. The van der Waals surface area contributed by atoms with Crippen molar-refractivity contribution in [2.24, 2.45) is 14.1 Å². The molecule has 0 radical (unpaired) electrons. The minimum atomic E-state index is -0.579. The largest absolute Gasteiger partial charge is 0.496 e. The van der Waals surface area contributed by atoms with Crippen LogP contribution in [0.25, 0.3) is 11.0 Å². The van der Waals surface area contributed by atoms with Crippen molar-refractivity contribution >= 4 is 22.9 Å². The van der Waals surface area contributed by atoms with Crippen molar-refractivity contribution < 1.29 is 19.1 Å². The van der Waals surface area contributed by atoms with Gasteiger partial charge < -0.3 is 14.4 Å². The average Bonchev–Trinajstić information content (AvgIpc) is 3.07. The first-order valence-corrected chi connectivity index (χ1v) is 12.8. The molecule has 0 saturated heterocycles. The number of para-hydroxylation sites is 1. The number of Topliss-reactive ketones (excluding diaryl/α,β-unsaturated/α-hetero) is 1. The lowest BCUT2D eigenvalue weighted by atomic mass is 10.0. The lowest BCUT2D eigenvalue weighted by Gasteiger charge is -2.27. The molecular weight excluding hydrogens is 470 g/mol. The Balaban J connectivity index is 1.57. The number of imidazole rings is 1. The molecule has 1 aromatic heterocycles. The van der Waals surface area contributed by atoms with Crippen molar-refractivity contribution in [1.29, 1.82) is 0 Å².